The number of benzene rings is 1. The van der Waals surface area contributed by atoms with Crippen molar-refractivity contribution >= 4 is 46.6 Å². The number of hydrogen-bond acceptors (Lipinski definition) is 7. The Morgan fingerprint density at radius 3 is 2.43 bits per heavy atom. The molecule has 2 aromatic rings. The van der Waals surface area contributed by atoms with Gasteiger partial charge in [-0.05, 0) is 31.2 Å². The number of halogens is 1. The molecule has 0 amide bonds. The fourth-order valence-corrected chi connectivity index (χ4v) is 3.84. The topological polar surface area (TPSA) is 75.1 Å². The molecule has 0 radical (unpaired) electrons. The van der Waals surface area contributed by atoms with Crippen LogP contribution in [0.15, 0.2) is 29.3 Å². The number of aromatic nitrogens is 2. The molecular formula is C20H31IN6O2S. The van der Waals surface area contributed by atoms with Crippen molar-refractivity contribution < 1.29 is 9.47 Å². The third-order valence-corrected chi connectivity index (χ3v) is 5.45. The maximum absolute atomic E-state index is 5.78. The highest BCUT2D eigenvalue weighted by Gasteiger charge is 2.21. The molecule has 0 spiro atoms. The van der Waals surface area contributed by atoms with Crippen LogP contribution in [-0.4, -0.2) is 73.2 Å². The first-order valence-corrected chi connectivity index (χ1v) is 10.9. The molecule has 1 N–H and O–H groups in total. The Kier molecular flexibility index (Phi) is 10.4. The molecule has 8 nitrogen and oxygen atoms in total. The Balaban J connectivity index is 0.00000320. The molecule has 1 aliphatic heterocycles. The van der Waals surface area contributed by atoms with Gasteiger partial charge in [-0.2, -0.15) is 4.37 Å². The van der Waals surface area contributed by atoms with Crippen molar-refractivity contribution in [2.75, 3.05) is 57.9 Å². The van der Waals surface area contributed by atoms with Gasteiger partial charge in [-0.15, -0.1) is 24.0 Å². The Bertz CT molecular complexity index is 778. The van der Waals surface area contributed by atoms with E-state index in [9.17, 15) is 0 Å². The smallest absolute Gasteiger partial charge is 0.205 e. The monoisotopic (exact) mass is 546 g/mol. The second-order valence-corrected chi connectivity index (χ2v) is 7.31. The molecule has 1 aliphatic rings. The van der Waals surface area contributed by atoms with E-state index in [1.165, 1.54) is 11.5 Å². The van der Waals surface area contributed by atoms with E-state index >= 15 is 0 Å². The lowest BCUT2D eigenvalue weighted by Crippen LogP contribution is -2.52. The maximum atomic E-state index is 5.78. The minimum absolute atomic E-state index is 0. The largest absolute Gasteiger partial charge is 0.497 e. The Morgan fingerprint density at radius 1 is 1.13 bits per heavy atom. The lowest BCUT2D eigenvalue weighted by atomic mass is 10.3. The molecule has 0 unspecified atom stereocenters. The number of aryl methyl sites for hydroxylation is 1. The number of hydrogen-bond donors (Lipinski definition) is 1. The van der Waals surface area contributed by atoms with Crippen molar-refractivity contribution in [3.8, 4) is 11.5 Å². The quantitative estimate of drug-likeness (QED) is 0.236. The molecule has 0 aliphatic carbocycles. The Labute approximate surface area is 199 Å². The van der Waals surface area contributed by atoms with Crippen LogP contribution in [-0.2, 0) is 6.42 Å². The molecule has 0 saturated carbocycles. The van der Waals surface area contributed by atoms with Gasteiger partial charge in [0.25, 0.3) is 0 Å². The van der Waals surface area contributed by atoms with E-state index in [1.54, 1.807) is 7.11 Å². The van der Waals surface area contributed by atoms with Crippen molar-refractivity contribution in [3.63, 3.8) is 0 Å². The molecule has 0 bridgehead atoms. The average molecular weight is 546 g/mol. The van der Waals surface area contributed by atoms with Gasteiger partial charge in [0.2, 0.25) is 5.13 Å². The summed E-state index contributed by atoms with van der Waals surface area (Å²) >= 11 is 1.49. The highest BCUT2D eigenvalue weighted by molar-refractivity contribution is 14.0. The van der Waals surface area contributed by atoms with E-state index in [4.69, 9.17) is 14.5 Å². The molecule has 2 heterocycles. The lowest BCUT2D eigenvalue weighted by molar-refractivity contribution is 0.324. The third kappa shape index (κ3) is 6.86. The summed E-state index contributed by atoms with van der Waals surface area (Å²) in [6.07, 6.45) is 0.881. The van der Waals surface area contributed by atoms with E-state index < -0.39 is 0 Å². The molecule has 10 heteroatoms. The van der Waals surface area contributed by atoms with E-state index in [-0.39, 0.29) is 24.0 Å². The van der Waals surface area contributed by atoms with Gasteiger partial charge in [0, 0.05) is 50.7 Å². The molecule has 1 aromatic heterocycles. The first kappa shape index (κ1) is 24.4. The molecule has 166 valence electrons. The number of ether oxygens (including phenoxy) is 2. The normalized spacial score (nSPS) is 14.3. The van der Waals surface area contributed by atoms with Crippen LogP contribution >= 0.6 is 35.5 Å². The second kappa shape index (κ2) is 12.8. The van der Waals surface area contributed by atoms with Crippen LogP contribution in [0.3, 0.4) is 0 Å². The molecule has 1 saturated heterocycles. The zero-order chi connectivity index (χ0) is 20.5. The van der Waals surface area contributed by atoms with Gasteiger partial charge in [0.15, 0.2) is 5.96 Å². The van der Waals surface area contributed by atoms with Crippen molar-refractivity contribution in [1.82, 2.24) is 19.6 Å². The predicted octanol–water partition coefficient (Wildman–Crippen LogP) is 2.89. The van der Waals surface area contributed by atoms with E-state index in [1.807, 2.05) is 24.3 Å². The summed E-state index contributed by atoms with van der Waals surface area (Å²) in [6, 6.07) is 7.60. The summed E-state index contributed by atoms with van der Waals surface area (Å²) in [5, 5.41) is 4.42. The standard InChI is InChI=1S/C20H30N6O2S.HI/c1-4-18-23-20(29-24-18)26-13-11-25(12-14-26)19(21-5-2)22-10-15-28-17-8-6-16(27-3)7-9-17;/h6-9H,4-5,10-15H2,1-3H3,(H,21,22);1H. The van der Waals surface area contributed by atoms with Gasteiger partial charge in [-0.1, -0.05) is 6.92 Å². The summed E-state index contributed by atoms with van der Waals surface area (Å²) in [5.74, 6) is 3.52. The number of aliphatic imine (C=N–C) groups is 1. The zero-order valence-electron chi connectivity index (χ0n) is 17.8. The van der Waals surface area contributed by atoms with Gasteiger partial charge in [0.05, 0.1) is 13.7 Å². The summed E-state index contributed by atoms with van der Waals surface area (Å²) in [6.45, 7) is 9.81. The minimum atomic E-state index is 0. The third-order valence-electron chi connectivity index (χ3n) is 4.64. The number of nitrogens with zero attached hydrogens (tertiary/aromatic N) is 5. The summed E-state index contributed by atoms with van der Waals surface area (Å²) in [5.41, 5.74) is 0. The van der Waals surface area contributed by atoms with E-state index in [2.05, 4.69) is 38.3 Å². The molecule has 1 fully saturated rings. The summed E-state index contributed by atoms with van der Waals surface area (Å²) in [4.78, 5) is 14.0. The average Bonchev–Trinajstić information content (AvgIpc) is 3.26. The molecule has 3 rings (SSSR count). The van der Waals surface area contributed by atoms with Gasteiger partial charge in [-0.3, -0.25) is 0 Å². The molecule has 0 atom stereocenters. The van der Waals surface area contributed by atoms with Crippen LogP contribution in [0.25, 0.3) is 0 Å². The number of methoxy groups -OCH3 is 1. The van der Waals surface area contributed by atoms with Crippen LogP contribution in [0.1, 0.15) is 19.7 Å². The van der Waals surface area contributed by atoms with Gasteiger partial charge in [-0.25, -0.2) is 9.98 Å². The van der Waals surface area contributed by atoms with E-state index in [0.717, 1.165) is 67.6 Å². The SMILES string of the molecule is CCNC(=NCCOc1ccc(OC)cc1)N1CCN(c2nc(CC)ns2)CC1.I. The fourth-order valence-electron chi connectivity index (χ4n) is 3.04. The van der Waals surface area contributed by atoms with Crippen LogP contribution in [0.4, 0.5) is 5.13 Å². The van der Waals surface area contributed by atoms with E-state index in [0.29, 0.717) is 13.2 Å². The second-order valence-electron chi connectivity index (χ2n) is 6.58. The molecule has 1 aromatic carbocycles. The van der Waals surface area contributed by atoms with Crippen molar-refractivity contribution in [1.29, 1.82) is 0 Å². The zero-order valence-corrected chi connectivity index (χ0v) is 21.0. The molecular weight excluding hydrogens is 515 g/mol. The van der Waals surface area contributed by atoms with Crippen LogP contribution in [0, 0.1) is 0 Å². The van der Waals surface area contributed by atoms with Crippen molar-refractivity contribution in [3.05, 3.63) is 30.1 Å². The summed E-state index contributed by atoms with van der Waals surface area (Å²) in [7, 11) is 1.66. The fraction of sp³-hybridized carbons (Fsp3) is 0.550. The maximum Gasteiger partial charge on any atom is 0.205 e. The Hall–Kier alpha value is -1.82. The number of nitrogens with one attached hydrogen (secondary N) is 1. The number of anilines is 1. The molecule has 30 heavy (non-hydrogen) atoms. The number of rotatable bonds is 8. The van der Waals surface area contributed by atoms with Gasteiger partial charge in [0.1, 0.15) is 23.9 Å². The van der Waals surface area contributed by atoms with Crippen LogP contribution in [0.2, 0.25) is 0 Å². The number of piperazine rings is 1. The first-order chi connectivity index (χ1) is 14.2. The lowest BCUT2D eigenvalue weighted by Gasteiger charge is -2.36. The highest BCUT2D eigenvalue weighted by atomic mass is 127. The predicted molar refractivity (Wildman–Crippen MR) is 133 cm³/mol. The van der Waals surface area contributed by atoms with Crippen molar-refractivity contribution in [2.24, 2.45) is 4.99 Å². The van der Waals surface area contributed by atoms with Gasteiger partial charge >= 0.3 is 0 Å². The van der Waals surface area contributed by atoms with Gasteiger partial charge < -0.3 is 24.6 Å². The highest BCUT2D eigenvalue weighted by Crippen LogP contribution is 2.19. The summed E-state index contributed by atoms with van der Waals surface area (Å²) < 4.78 is 15.3. The first-order valence-electron chi connectivity index (χ1n) is 10.1. The Morgan fingerprint density at radius 2 is 1.83 bits per heavy atom. The van der Waals surface area contributed by atoms with Crippen LogP contribution in [0.5, 0.6) is 11.5 Å². The van der Waals surface area contributed by atoms with Crippen LogP contribution < -0.4 is 19.7 Å². The number of guanidine groups is 1. The van der Waals surface area contributed by atoms with Crippen molar-refractivity contribution in [2.45, 2.75) is 20.3 Å². The minimum Gasteiger partial charge on any atom is -0.497 e.